The first-order valence-corrected chi connectivity index (χ1v) is 11.7. The summed E-state index contributed by atoms with van der Waals surface area (Å²) < 4.78 is 5.28. The number of rotatable bonds is 9. The van der Waals surface area contributed by atoms with Gasteiger partial charge < -0.3 is 10.1 Å². The van der Waals surface area contributed by atoms with E-state index >= 15 is 0 Å². The summed E-state index contributed by atoms with van der Waals surface area (Å²) in [6.45, 7) is 2.81. The third-order valence-electron chi connectivity index (χ3n) is 6.49. The molecule has 33 heavy (non-hydrogen) atoms. The number of amides is 3. The van der Waals surface area contributed by atoms with Crippen LogP contribution in [0.25, 0.3) is 0 Å². The Hall–Kier alpha value is -3.19. The summed E-state index contributed by atoms with van der Waals surface area (Å²) in [4.78, 5) is 41.2. The Morgan fingerprint density at radius 2 is 1.61 bits per heavy atom. The number of piperidine rings is 1. The number of nitrogens with zero attached hydrogens (tertiary/aromatic N) is 2. The van der Waals surface area contributed by atoms with E-state index in [4.69, 9.17) is 4.74 Å². The molecule has 0 spiro atoms. The van der Waals surface area contributed by atoms with Gasteiger partial charge in [-0.3, -0.25) is 24.2 Å². The van der Waals surface area contributed by atoms with Gasteiger partial charge in [-0.15, -0.1) is 0 Å². The number of likely N-dealkylation sites (tertiary alicyclic amines) is 1. The summed E-state index contributed by atoms with van der Waals surface area (Å²) in [7, 11) is 1.65. The SMILES string of the molecule is COc1ccc(C(CNC(=O)CCCN2C(=O)c3ccccc3C2=O)N2CCCCC2)cc1. The van der Waals surface area contributed by atoms with Crippen LogP contribution in [0.5, 0.6) is 5.75 Å². The molecule has 1 N–H and O–H groups in total. The molecule has 0 bridgehead atoms. The van der Waals surface area contributed by atoms with Gasteiger partial charge in [0.2, 0.25) is 5.91 Å². The molecule has 1 saturated heterocycles. The lowest BCUT2D eigenvalue weighted by Gasteiger charge is -2.35. The highest BCUT2D eigenvalue weighted by molar-refractivity contribution is 6.21. The summed E-state index contributed by atoms with van der Waals surface area (Å²) in [5.41, 5.74) is 2.04. The Bertz CT molecular complexity index is 964. The lowest BCUT2D eigenvalue weighted by molar-refractivity contribution is -0.121. The van der Waals surface area contributed by atoms with Gasteiger partial charge in [0.15, 0.2) is 0 Å². The number of fused-ring (bicyclic) bond motifs is 1. The van der Waals surface area contributed by atoms with E-state index in [0.29, 0.717) is 24.1 Å². The predicted octanol–water partition coefficient (Wildman–Crippen LogP) is 3.41. The standard InChI is InChI=1S/C26H31N3O4/c1-33-20-13-11-19(12-14-20)23(28-15-5-2-6-16-28)18-27-24(30)10-7-17-29-25(31)21-8-3-4-9-22(21)26(29)32/h3-4,8-9,11-14,23H,2,5-7,10,15-18H2,1H3,(H,27,30). The van der Waals surface area contributed by atoms with Crippen LogP contribution in [0.3, 0.4) is 0 Å². The summed E-state index contributed by atoms with van der Waals surface area (Å²) in [5.74, 6) is 0.192. The van der Waals surface area contributed by atoms with Crippen molar-refractivity contribution in [3.05, 3.63) is 65.2 Å². The average molecular weight is 450 g/mol. The Morgan fingerprint density at radius 3 is 2.21 bits per heavy atom. The summed E-state index contributed by atoms with van der Waals surface area (Å²) >= 11 is 0. The van der Waals surface area contributed by atoms with E-state index in [1.54, 1.807) is 31.4 Å². The number of benzene rings is 2. The molecule has 2 heterocycles. The van der Waals surface area contributed by atoms with Crippen LogP contribution in [0.4, 0.5) is 0 Å². The number of hydrogen-bond acceptors (Lipinski definition) is 5. The summed E-state index contributed by atoms with van der Waals surface area (Å²) in [6.07, 6.45) is 4.29. The van der Waals surface area contributed by atoms with Crippen molar-refractivity contribution in [1.82, 2.24) is 15.1 Å². The van der Waals surface area contributed by atoms with Crippen molar-refractivity contribution in [2.75, 3.05) is 33.3 Å². The number of carbonyl (C=O) groups excluding carboxylic acids is 3. The Morgan fingerprint density at radius 1 is 0.970 bits per heavy atom. The van der Waals surface area contributed by atoms with E-state index in [1.165, 1.54) is 24.2 Å². The summed E-state index contributed by atoms with van der Waals surface area (Å²) in [6, 6.07) is 15.0. The maximum Gasteiger partial charge on any atom is 0.261 e. The van der Waals surface area contributed by atoms with Crippen molar-refractivity contribution in [2.45, 2.75) is 38.1 Å². The number of methoxy groups -OCH3 is 1. The molecule has 0 aromatic heterocycles. The minimum Gasteiger partial charge on any atom is -0.497 e. The fourth-order valence-corrected chi connectivity index (χ4v) is 4.65. The van der Waals surface area contributed by atoms with E-state index in [0.717, 1.165) is 24.4 Å². The van der Waals surface area contributed by atoms with Crippen LogP contribution in [0.1, 0.15) is 64.4 Å². The van der Waals surface area contributed by atoms with Crippen LogP contribution in [0, 0.1) is 0 Å². The smallest absolute Gasteiger partial charge is 0.261 e. The molecule has 2 aliphatic rings. The molecule has 7 heteroatoms. The second kappa shape index (κ2) is 10.6. The highest BCUT2D eigenvalue weighted by Gasteiger charge is 2.34. The topological polar surface area (TPSA) is 79.0 Å². The van der Waals surface area contributed by atoms with Gasteiger partial charge in [-0.2, -0.15) is 0 Å². The number of nitrogens with one attached hydrogen (secondary N) is 1. The Kier molecular flexibility index (Phi) is 7.40. The van der Waals surface area contributed by atoms with Crippen molar-refractivity contribution >= 4 is 17.7 Å². The number of imide groups is 1. The molecule has 174 valence electrons. The van der Waals surface area contributed by atoms with Gasteiger partial charge in [0, 0.05) is 19.5 Å². The van der Waals surface area contributed by atoms with Crippen molar-refractivity contribution < 1.29 is 19.1 Å². The normalized spacial score (nSPS) is 17.1. The van der Waals surface area contributed by atoms with Crippen LogP contribution in [-0.2, 0) is 4.79 Å². The first-order chi connectivity index (χ1) is 16.1. The second-order valence-electron chi connectivity index (χ2n) is 8.60. The minimum atomic E-state index is -0.277. The molecule has 2 aromatic carbocycles. The summed E-state index contributed by atoms with van der Waals surface area (Å²) in [5, 5.41) is 3.07. The van der Waals surface area contributed by atoms with E-state index in [2.05, 4.69) is 22.3 Å². The van der Waals surface area contributed by atoms with Crippen LogP contribution in [0.15, 0.2) is 48.5 Å². The number of carbonyl (C=O) groups is 3. The molecule has 7 nitrogen and oxygen atoms in total. The lowest BCUT2D eigenvalue weighted by atomic mass is 10.0. The fourth-order valence-electron chi connectivity index (χ4n) is 4.65. The molecule has 0 radical (unpaired) electrons. The van der Waals surface area contributed by atoms with Gasteiger partial charge in [-0.05, 0) is 62.2 Å². The van der Waals surface area contributed by atoms with Gasteiger partial charge in [-0.1, -0.05) is 30.7 Å². The quantitative estimate of drug-likeness (QED) is 0.594. The lowest BCUT2D eigenvalue weighted by Crippen LogP contribution is -2.40. The van der Waals surface area contributed by atoms with E-state index in [-0.39, 0.29) is 36.7 Å². The number of ether oxygens (including phenoxy) is 1. The largest absolute Gasteiger partial charge is 0.497 e. The first kappa shape index (κ1) is 23.0. The molecular weight excluding hydrogens is 418 g/mol. The predicted molar refractivity (Wildman–Crippen MR) is 125 cm³/mol. The van der Waals surface area contributed by atoms with Gasteiger partial charge in [-0.25, -0.2) is 0 Å². The van der Waals surface area contributed by atoms with E-state index in [1.807, 2.05) is 12.1 Å². The number of hydrogen-bond donors (Lipinski definition) is 1. The highest BCUT2D eigenvalue weighted by atomic mass is 16.5. The molecular formula is C26H31N3O4. The molecule has 0 aliphatic carbocycles. The van der Waals surface area contributed by atoms with Crippen LogP contribution in [0.2, 0.25) is 0 Å². The van der Waals surface area contributed by atoms with Gasteiger partial charge in [0.05, 0.1) is 24.3 Å². The fraction of sp³-hybridized carbons (Fsp3) is 0.423. The van der Waals surface area contributed by atoms with Crippen molar-refractivity contribution in [3.8, 4) is 5.75 Å². The van der Waals surface area contributed by atoms with Crippen molar-refractivity contribution in [3.63, 3.8) is 0 Å². The molecule has 0 saturated carbocycles. The highest BCUT2D eigenvalue weighted by Crippen LogP contribution is 2.26. The molecule has 1 fully saturated rings. The zero-order valence-corrected chi connectivity index (χ0v) is 19.1. The zero-order valence-electron chi connectivity index (χ0n) is 19.1. The van der Waals surface area contributed by atoms with Crippen LogP contribution < -0.4 is 10.1 Å². The van der Waals surface area contributed by atoms with Gasteiger partial charge >= 0.3 is 0 Å². The Balaban J connectivity index is 1.30. The third kappa shape index (κ3) is 5.25. The van der Waals surface area contributed by atoms with Crippen LogP contribution >= 0.6 is 0 Å². The minimum absolute atomic E-state index is 0.0675. The van der Waals surface area contributed by atoms with Gasteiger partial charge in [0.1, 0.15) is 5.75 Å². The van der Waals surface area contributed by atoms with Crippen molar-refractivity contribution in [1.29, 1.82) is 0 Å². The maximum atomic E-state index is 12.6. The third-order valence-corrected chi connectivity index (χ3v) is 6.49. The Labute approximate surface area is 194 Å². The average Bonchev–Trinajstić information content (AvgIpc) is 3.10. The van der Waals surface area contributed by atoms with Crippen LogP contribution in [-0.4, -0.2) is 60.8 Å². The molecule has 1 atom stereocenters. The second-order valence-corrected chi connectivity index (χ2v) is 8.60. The molecule has 3 amide bonds. The van der Waals surface area contributed by atoms with Gasteiger partial charge in [0.25, 0.3) is 11.8 Å². The molecule has 1 unspecified atom stereocenters. The van der Waals surface area contributed by atoms with Crippen molar-refractivity contribution in [2.24, 2.45) is 0 Å². The zero-order chi connectivity index (χ0) is 23.2. The first-order valence-electron chi connectivity index (χ1n) is 11.7. The maximum absolute atomic E-state index is 12.6. The molecule has 4 rings (SSSR count). The molecule has 2 aliphatic heterocycles. The molecule has 2 aromatic rings. The van der Waals surface area contributed by atoms with E-state index < -0.39 is 0 Å². The van der Waals surface area contributed by atoms with E-state index in [9.17, 15) is 14.4 Å². The monoisotopic (exact) mass is 449 g/mol.